The molecule has 0 saturated heterocycles. The van der Waals surface area contributed by atoms with Gasteiger partial charge >= 0.3 is 0 Å². The van der Waals surface area contributed by atoms with Crippen LogP contribution in [0.3, 0.4) is 0 Å². The fourth-order valence-electron chi connectivity index (χ4n) is 2.39. The predicted molar refractivity (Wildman–Crippen MR) is 73.6 cm³/mol. The van der Waals surface area contributed by atoms with E-state index in [1.165, 1.54) is 4.88 Å². The van der Waals surface area contributed by atoms with Gasteiger partial charge in [0.25, 0.3) is 0 Å². The van der Waals surface area contributed by atoms with Crippen LogP contribution in [0, 0.1) is 5.92 Å². The van der Waals surface area contributed by atoms with Crippen molar-refractivity contribution in [3.63, 3.8) is 0 Å². The molecule has 2 N–H and O–H groups in total. The number of thiophene rings is 1. The van der Waals surface area contributed by atoms with Gasteiger partial charge in [-0.15, -0.1) is 11.3 Å². The van der Waals surface area contributed by atoms with Crippen LogP contribution in [0.15, 0.2) is 17.5 Å². The van der Waals surface area contributed by atoms with E-state index in [1.807, 2.05) is 18.4 Å². The Bertz CT molecular complexity index is 369. The van der Waals surface area contributed by atoms with Crippen LogP contribution in [0.5, 0.6) is 0 Å². The lowest BCUT2D eigenvalue weighted by molar-refractivity contribution is -0.125. The average Bonchev–Trinajstić information content (AvgIpc) is 2.85. The molecule has 0 aromatic carbocycles. The SMILES string of the molecule is CC(Cc1cccs1)C(=O)NC1CCC(O)CC1. The lowest BCUT2D eigenvalue weighted by atomic mass is 9.92. The quantitative estimate of drug-likeness (QED) is 0.879. The first-order valence-electron chi connectivity index (χ1n) is 6.66. The number of carbonyl (C=O) groups is 1. The smallest absolute Gasteiger partial charge is 0.223 e. The molecule has 100 valence electrons. The van der Waals surface area contributed by atoms with E-state index in [-0.39, 0.29) is 24.0 Å². The molecule has 1 heterocycles. The highest BCUT2D eigenvalue weighted by molar-refractivity contribution is 7.09. The highest BCUT2D eigenvalue weighted by Gasteiger charge is 2.23. The first-order valence-corrected chi connectivity index (χ1v) is 7.54. The summed E-state index contributed by atoms with van der Waals surface area (Å²) < 4.78 is 0. The van der Waals surface area contributed by atoms with Crippen molar-refractivity contribution in [1.29, 1.82) is 0 Å². The van der Waals surface area contributed by atoms with Gasteiger partial charge in [0.05, 0.1) is 6.10 Å². The summed E-state index contributed by atoms with van der Waals surface area (Å²) in [7, 11) is 0. The standard InChI is InChI=1S/C14H21NO2S/c1-10(9-13-3-2-8-18-13)14(17)15-11-4-6-12(16)7-5-11/h2-3,8,10-12,16H,4-7,9H2,1H3,(H,15,17). The maximum absolute atomic E-state index is 12.1. The summed E-state index contributed by atoms with van der Waals surface area (Å²) in [5.41, 5.74) is 0. The van der Waals surface area contributed by atoms with Crippen molar-refractivity contribution >= 4 is 17.2 Å². The molecule has 2 rings (SSSR count). The summed E-state index contributed by atoms with van der Waals surface area (Å²) >= 11 is 1.70. The Labute approximate surface area is 112 Å². The molecule has 0 radical (unpaired) electrons. The Kier molecular flexibility index (Phi) is 4.78. The monoisotopic (exact) mass is 267 g/mol. The van der Waals surface area contributed by atoms with Crippen LogP contribution in [0.25, 0.3) is 0 Å². The van der Waals surface area contributed by atoms with Crippen molar-refractivity contribution in [2.75, 3.05) is 0 Å². The zero-order chi connectivity index (χ0) is 13.0. The number of rotatable bonds is 4. The van der Waals surface area contributed by atoms with Gasteiger partial charge in [0.2, 0.25) is 5.91 Å². The van der Waals surface area contributed by atoms with E-state index < -0.39 is 0 Å². The van der Waals surface area contributed by atoms with E-state index >= 15 is 0 Å². The first-order chi connectivity index (χ1) is 8.65. The van der Waals surface area contributed by atoms with Crippen LogP contribution in [-0.4, -0.2) is 23.2 Å². The normalized spacial score (nSPS) is 25.7. The Hall–Kier alpha value is -0.870. The Morgan fingerprint density at radius 3 is 2.83 bits per heavy atom. The summed E-state index contributed by atoms with van der Waals surface area (Å²) in [4.78, 5) is 13.3. The van der Waals surface area contributed by atoms with Crippen LogP contribution in [0.2, 0.25) is 0 Å². The van der Waals surface area contributed by atoms with E-state index in [9.17, 15) is 9.90 Å². The van der Waals surface area contributed by atoms with Gasteiger partial charge in [0.15, 0.2) is 0 Å². The third-order valence-corrected chi connectivity index (χ3v) is 4.48. The predicted octanol–water partition coefficient (Wildman–Crippen LogP) is 2.35. The lowest BCUT2D eigenvalue weighted by Gasteiger charge is -2.27. The third kappa shape index (κ3) is 3.82. The Morgan fingerprint density at radius 2 is 2.22 bits per heavy atom. The number of hydrogen-bond donors (Lipinski definition) is 2. The topological polar surface area (TPSA) is 49.3 Å². The minimum atomic E-state index is -0.165. The van der Waals surface area contributed by atoms with Gasteiger partial charge in [-0.3, -0.25) is 4.79 Å². The van der Waals surface area contributed by atoms with Crippen LogP contribution in [0.4, 0.5) is 0 Å². The highest BCUT2D eigenvalue weighted by atomic mass is 32.1. The van der Waals surface area contributed by atoms with Gasteiger partial charge in [-0.1, -0.05) is 13.0 Å². The van der Waals surface area contributed by atoms with Crippen molar-refractivity contribution in [2.45, 2.75) is 51.2 Å². The molecule has 1 aliphatic rings. The van der Waals surface area contributed by atoms with Crippen molar-refractivity contribution in [3.8, 4) is 0 Å². The van der Waals surface area contributed by atoms with Gasteiger partial charge in [-0.05, 0) is 43.6 Å². The Balaban J connectivity index is 1.77. The second-order valence-corrected chi connectivity index (χ2v) is 6.23. The van der Waals surface area contributed by atoms with Gasteiger partial charge in [0.1, 0.15) is 0 Å². The molecule has 1 aromatic heterocycles. The average molecular weight is 267 g/mol. The zero-order valence-corrected chi connectivity index (χ0v) is 11.6. The summed E-state index contributed by atoms with van der Waals surface area (Å²) in [6.07, 6.45) is 4.08. The molecule has 1 aromatic rings. The van der Waals surface area contributed by atoms with E-state index in [0.717, 1.165) is 32.1 Å². The van der Waals surface area contributed by atoms with E-state index in [1.54, 1.807) is 11.3 Å². The Morgan fingerprint density at radius 1 is 1.50 bits per heavy atom. The highest BCUT2D eigenvalue weighted by Crippen LogP contribution is 2.19. The summed E-state index contributed by atoms with van der Waals surface area (Å²) in [6.45, 7) is 1.98. The molecule has 1 fully saturated rings. The molecule has 0 aliphatic heterocycles. The maximum atomic E-state index is 12.1. The van der Waals surface area contributed by atoms with Crippen molar-refractivity contribution in [3.05, 3.63) is 22.4 Å². The lowest BCUT2D eigenvalue weighted by Crippen LogP contribution is -2.41. The largest absolute Gasteiger partial charge is 0.393 e. The van der Waals surface area contributed by atoms with Crippen molar-refractivity contribution < 1.29 is 9.90 Å². The minimum Gasteiger partial charge on any atom is -0.393 e. The molecule has 0 spiro atoms. The first kappa shape index (κ1) is 13.6. The second-order valence-electron chi connectivity index (χ2n) is 5.20. The van der Waals surface area contributed by atoms with E-state index in [2.05, 4.69) is 11.4 Å². The van der Waals surface area contributed by atoms with Crippen LogP contribution < -0.4 is 5.32 Å². The summed E-state index contributed by atoms with van der Waals surface area (Å²) in [5, 5.41) is 14.6. The van der Waals surface area contributed by atoms with Crippen molar-refractivity contribution in [1.82, 2.24) is 5.32 Å². The molecule has 18 heavy (non-hydrogen) atoms. The van der Waals surface area contributed by atoms with Gasteiger partial charge < -0.3 is 10.4 Å². The number of aliphatic hydroxyl groups excluding tert-OH is 1. The third-order valence-electron chi connectivity index (χ3n) is 3.58. The molecule has 1 aliphatic carbocycles. The van der Waals surface area contributed by atoms with Crippen LogP contribution >= 0.6 is 11.3 Å². The molecule has 1 amide bonds. The number of hydrogen-bond acceptors (Lipinski definition) is 3. The van der Waals surface area contributed by atoms with E-state index in [0.29, 0.717) is 0 Å². The van der Waals surface area contributed by atoms with E-state index in [4.69, 9.17) is 0 Å². The maximum Gasteiger partial charge on any atom is 0.223 e. The fourth-order valence-corrected chi connectivity index (χ4v) is 3.22. The van der Waals surface area contributed by atoms with Crippen LogP contribution in [0.1, 0.15) is 37.5 Å². The molecule has 1 atom stereocenters. The second kappa shape index (κ2) is 6.34. The molecular weight excluding hydrogens is 246 g/mol. The molecular formula is C14H21NO2S. The zero-order valence-electron chi connectivity index (χ0n) is 10.8. The minimum absolute atomic E-state index is 0.0236. The van der Waals surface area contributed by atoms with Crippen LogP contribution in [-0.2, 0) is 11.2 Å². The molecule has 0 bridgehead atoms. The molecule has 3 nitrogen and oxygen atoms in total. The number of nitrogens with one attached hydrogen (secondary N) is 1. The van der Waals surface area contributed by atoms with Gasteiger partial charge in [-0.25, -0.2) is 0 Å². The number of aliphatic hydroxyl groups is 1. The van der Waals surface area contributed by atoms with Crippen molar-refractivity contribution in [2.24, 2.45) is 5.92 Å². The summed E-state index contributed by atoms with van der Waals surface area (Å²) in [5.74, 6) is 0.167. The van der Waals surface area contributed by atoms with Gasteiger partial charge in [-0.2, -0.15) is 0 Å². The number of amides is 1. The number of carbonyl (C=O) groups excluding carboxylic acids is 1. The summed E-state index contributed by atoms with van der Waals surface area (Å²) in [6, 6.07) is 4.35. The molecule has 4 heteroatoms. The molecule has 1 unspecified atom stereocenters. The molecule has 1 saturated carbocycles. The van der Waals surface area contributed by atoms with Gasteiger partial charge in [0, 0.05) is 16.8 Å². The fraction of sp³-hybridized carbons (Fsp3) is 0.643.